The summed E-state index contributed by atoms with van der Waals surface area (Å²) in [5, 5.41) is 11.4. The summed E-state index contributed by atoms with van der Waals surface area (Å²) in [6.07, 6.45) is 4.24. The monoisotopic (exact) mass is 535 g/mol. The third-order valence-electron chi connectivity index (χ3n) is 5.11. The molecule has 0 spiro atoms. The quantitative estimate of drug-likeness (QED) is 0.205. The third kappa shape index (κ3) is 6.23. The minimum absolute atomic E-state index is 0.543. The van der Waals surface area contributed by atoms with Gasteiger partial charge in [0.25, 0.3) is 0 Å². The molecule has 4 aromatic rings. The van der Waals surface area contributed by atoms with Gasteiger partial charge in [-0.05, 0) is 72.8 Å². The Hall–Kier alpha value is -3.76. The number of nitrogens with one attached hydrogen (secondary N) is 3. The number of aryl methyl sites for hydroxylation is 1. The van der Waals surface area contributed by atoms with E-state index in [0.29, 0.717) is 23.7 Å². The number of fused-ring (bicyclic) bond motifs is 1. The fraction of sp³-hybridized carbons (Fsp3) is 0.200. The molecule has 0 atom stereocenters. The van der Waals surface area contributed by atoms with E-state index in [4.69, 9.17) is 14.9 Å². The maximum Gasteiger partial charge on any atom is 0.141 e. The summed E-state index contributed by atoms with van der Waals surface area (Å²) in [7, 11) is 4.02. The van der Waals surface area contributed by atoms with Crippen molar-refractivity contribution < 1.29 is 9.47 Å². The maximum absolute atomic E-state index is 7.12. The summed E-state index contributed by atoms with van der Waals surface area (Å²) in [5.41, 5.74) is 3.15. The van der Waals surface area contributed by atoms with E-state index in [1.54, 1.807) is 18.3 Å². The van der Waals surface area contributed by atoms with Gasteiger partial charge in [-0.15, -0.1) is 0 Å². The van der Waals surface area contributed by atoms with E-state index in [-0.39, 0.29) is 0 Å². The lowest BCUT2D eigenvalue weighted by molar-refractivity contribution is 0.260. The molecule has 2 aromatic heterocycles. The number of aromatic nitrogens is 3. The second kappa shape index (κ2) is 11.1. The van der Waals surface area contributed by atoms with Gasteiger partial charge in [0.1, 0.15) is 47.8 Å². The van der Waals surface area contributed by atoms with E-state index in [1.807, 2.05) is 51.4 Å². The molecule has 0 unspecified atom stereocenters. The molecule has 2 heterocycles. The normalized spacial score (nSPS) is 11.6. The van der Waals surface area contributed by atoms with Gasteiger partial charge in [0, 0.05) is 35.9 Å². The molecular weight excluding hydrogens is 510 g/mol. The summed E-state index contributed by atoms with van der Waals surface area (Å²) in [5.74, 6) is 2.79. The van der Waals surface area contributed by atoms with Crippen molar-refractivity contribution in [3.8, 4) is 17.2 Å². The number of likely N-dealkylation sites (N-methyl/N-ethyl adjacent to an activating group) is 1. The largest absolute Gasteiger partial charge is 0.491 e. The van der Waals surface area contributed by atoms with Crippen LogP contribution >= 0.6 is 15.9 Å². The second-order valence-corrected chi connectivity index (χ2v) is 8.90. The van der Waals surface area contributed by atoms with Crippen LogP contribution in [-0.2, 0) is 0 Å². The molecule has 9 nitrogen and oxygen atoms in total. The molecule has 2 aromatic carbocycles. The van der Waals surface area contributed by atoms with Crippen molar-refractivity contribution in [2.24, 2.45) is 4.99 Å². The number of benzene rings is 2. The minimum atomic E-state index is 0.543. The predicted molar refractivity (Wildman–Crippen MR) is 141 cm³/mol. The predicted octanol–water partition coefficient (Wildman–Crippen LogP) is 5.01. The molecule has 180 valence electrons. The lowest BCUT2D eigenvalue weighted by Crippen LogP contribution is -2.19. The molecular formula is C25H26BrN7O2. The highest BCUT2D eigenvalue weighted by atomic mass is 79.9. The van der Waals surface area contributed by atoms with Gasteiger partial charge in [0.2, 0.25) is 0 Å². The van der Waals surface area contributed by atoms with Crippen LogP contribution in [0.2, 0.25) is 0 Å². The van der Waals surface area contributed by atoms with Crippen molar-refractivity contribution in [1.82, 2.24) is 19.9 Å². The summed E-state index contributed by atoms with van der Waals surface area (Å²) in [6.45, 7) is 3.38. The minimum Gasteiger partial charge on any atom is -0.491 e. The molecule has 0 aliphatic carbocycles. The number of aromatic amines is 1. The van der Waals surface area contributed by atoms with Crippen molar-refractivity contribution in [1.29, 1.82) is 5.41 Å². The highest BCUT2D eigenvalue weighted by Crippen LogP contribution is 2.34. The Morgan fingerprint density at radius 1 is 1.14 bits per heavy atom. The molecule has 0 saturated carbocycles. The first-order chi connectivity index (χ1) is 16.9. The Morgan fingerprint density at radius 2 is 2.00 bits per heavy atom. The Morgan fingerprint density at radius 3 is 2.77 bits per heavy atom. The standard InChI is InChI=1S/C25H26BrN7O2/c1-16-10-17(4-5-22(16)35-18-6-7-28-24(11-18)29-14-27)32-25-19-12-20(26)23(34-9-8-33(2)3)13-21(19)30-15-31-25/h4-7,10-15H,8-9H2,1-3H3,(H2,27,28,29)(H,30,31,32). The van der Waals surface area contributed by atoms with E-state index in [9.17, 15) is 0 Å². The number of hydrogen-bond donors (Lipinski definition) is 3. The second-order valence-electron chi connectivity index (χ2n) is 8.05. The molecule has 10 heteroatoms. The molecule has 0 aliphatic rings. The van der Waals surface area contributed by atoms with Crippen LogP contribution in [0.5, 0.6) is 17.2 Å². The Balaban J connectivity index is 1.54. The fourth-order valence-electron chi connectivity index (χ4n) is 3.35. The Kier molecular flexibility index (Phi) is 7.74. The number of halogens is 1. The molecule has 4 rings (SSSR count). The number of ether oxygens (including phenoxy) is 2. The fourth-order valence-corrected chi connectivity index (χ4v) is 3.81. The number of nitrogens with zero attached hydrogens (tertiary/aromatic N) is 4. The lowest BCUT2D eigenvalue weighted by Gasteiger charge is -2.14. The van der Waals surface area contributed by atoms with E-state index in [0.717, 1.165) is 51.0 Å². The summed E-state index contributed by atoms with van der Waals surface area (Å²) in [6, 6.07) is 13.3. The van der Waals surface area contributed by atoms with Crippen LogP contribution < -0.4 is 20.3 Å². The molecule has 0 aliphatic heterocycles. The van der Waals surface area contributed by atoms with Crippen molar-refractivity contribution in [3.63, 3.8) is 0 Å². The highest BCUT2D eigenvalue weighted by Gasteiger charge is 2.11. The van der Waals surface area contributed by atoms with E-state index in [2.05, 4.69) is 46.1 Å². The zero-order valence-corrected chi connectivity index (χ0v) is 21.3. The van der Waals surface area contributed by atoms with Crippen molar-refractivity contribution in [3.05, 3.63) is 70.5 Å². The Bertz CT molecular complexity index is 1420. The smallest absolute Gasteiger partial charge is 0.141 e. The van der Waals surface area contributed by atoms with Crippen LogP contribution in [0, 0.1) is 12.3 Å². The SMILES string of the molecule is Cc1cc(Nc2ncnc3cc(OCCN(C)C)c(Br)cc23)ccc1Oc1cc[nH]/c(=N\C=N)c1. The van der Waals surface area contributed by atoms with Crippen molar-refractivity contribution in [2.75, 3.05) is 32.6 Å². The van der Waals surface area contributed by atoms with Crippen LogP contribution in [0.1, 0.15) is 5.56 Å². The van der Waals surface area contributed by atoms with Crippen molar-refractivity contribution in [2.45, 2.75) is 6.92 Å². The van der Waals surface area contributed by atoms with Gasteiger partial charge in [-0.25, -0.2) is 15.0 Å². The Labute approximate surface area is 211 Å². The topological polar surface area (TPSA) is 112 Å². The molecule has 35 heavy (non-hydrogen) atoms. The van der Waals surface area contributed by atoms with Crippen molar-refractivity contribution >= 4 is 44.7 Å². The van der Waals surface area contributed by atoms with Crippen LogP contribution in [0.4, 0.5) is 11.5 Å². The van der Waals surface area contributed by atoms with Crippen LogP contribution in [0.15, 0.2) is 64.5 Å². The van der Waals surface area contributed by atoms with Gasteiger partial charge in [-0.3, -0.25) is 5.41 Å². The van der Waals surface area contributed by atoms with E-state index >= 15 is 0 Å². The number of anilines is 2. The lowest BCUT2D eigenvalue weighted by atomic mass is 10.2. The maximum atomic E-state index is 7.12. The number of pyridine rings is 1. The summed E-state index contributed by atoms with van der Waals surface area (Å²) >= 11 is 3.61. The summed E-state index contributed by atoms with van der Waals surface area (Å²) in [4.78, 5) is 17.8. The van der Waals surface area contributed by atoms with Gasteiger partial charge >= 0.3 is 0 Å². The molecule has 0 bridgehead atoms. The number of H-pyrrole nitrogens is 1. The van der Waals surface area contributed by atoms with Gasteiger partial charge in [0.15, 0.2) is 0 Å². The van der Waals surface area contributed by atoms with Crippen LogP contribution in [-0.4, -0.2) is 53.4 Å². The number of rotatable bonds is 9. The molecule has 0 saturated heterocycles. The van der Waals surface area contributed by atoms with Gasteiger partial charge in [0.05, 0.1) is 9.99 Å². The van der Waals surface area contributed by atoms with Gasteiger partial charge in [-0.2, -0.15) is 0 Å². The van der Waals surface area contributed by atoms with Gasteiger partial charge in [-0.1, -0.05) is 0 Å². The van der Waals surface area contributed by atoms with E-state index in [1.165, 1.54) is 6.33 Å². The van der Waals surface area contributed by atoms with Gasteiger partial charge < -0.3 is 24.7 Å². The average Bonchev–Trinajstić information content (AvgIpc) is 2.82. The highest BCUT2D eigenvalue weighted by molar-refractivity contribution is 9.10. The van der Waals surface area contributed by atoms with E-state index < -0.39 is 0 Å². The first-order valence-electron chi connectivity index (χ1n) is 10.9. The van der Waals surface area contributed by atoms with Crippen LogP contribution in [0.3, 0.4) is 0 Å². The first kappa shape index (κ1) is 24.4. The zero-order valence-electron chi connectivity index (χ0n) is 19.7. The zero-order chi connectivity index (χ0) is 24.8. The molecule has 3 N–H and O–H groups in total. The first-order valence-corrected chi connectivity index (χ1v) is 11.7. The third-order valence-corrected chi connectivity index (χ3v) is 5.73. The summed E-state index contributed by atoms with van der Waals surface area (Å²) < 4.78 is 12.8. The molecule has 0 amide bonds. The molecule has 0 radical (unpaired) electrons. The number of hydrogen-bond acceptors (Lipinski definition) is 7. The van der Waals surface area contributed by atoms with Crippen LogP contribution in [0.25, 0.3) is 10.9 Å². The molecule has 0 fully saturated rings. The average molecular weight is 536 g/mol.